The van der Waals surface area contributed by atoms with Gasteiger partial charge >= 0.3 is 0 Å². The van der Waals surface area contributed by atoms with E-state index < -0.39 is 0 Å². The predicted molar refractivity (Wildman–Crippen MR) is 53.4 cm³/mol. The fraction of sp³-hybridized carbons (Fsp3) is 0.182. The van der Waals surface area contributed by atoms with Crippen molar-refractivity contribution >= 4 is 0 Å². The molecule has 66 valence electrons. The first kappa shape index (κ1) is 8.05. The molecule has 0 radical (unpaired) electrons. The molecule has 0 spiro atoms. The maximum Gasteiger partial charge on any atom is 0.0866 e. The smallest absolute Gasteiger partial charge is 0.0866 e. The van der Waals surface area contributed by atoms with Gasteiger partial charge in [0.15, 0.2) is 0 Å². The van der Waals surface area contributed by atoms with Crippen LogP contribution in [-0.4, -0.2) is 9.55 Å². The average molecular weight is 172 g/mol. The van der Waals surface area contributed by atoms with Gasteiger partial charge in [-0.3, -0.25) is 4.98 Å². The summed E-state index contributed by atoms with van der Waals surface area (Å²) in [4.78, 5) is 4.30. The van der Waals surface area contributed by atoms with Crippen LogP contribution in [0.5, 0.6) is 0 Å². The Morgan fingerprint density at radius 1 is 1.15 bits per heavy atom. The molecule has 0 aliphatic heterocycles. The Hall–Kier alpha value is -1.57. The van der Waals surface area contributed by atoms with Gasteiger partial charge in [-0.1, -0.05) is 6.07 Å². The van der Waals surface area contributed by atoms with Gasteiger partial charge in [-0.15, -0.1) is 0 Å². The highest BCUT2D eigenvalue weighted by molar-refractivity contribution is 5.55. The molecule has 0 saturated carbocycles. The van der Waals surface area contributed by atoms with Crippen molar-refractivity contribution in [2.45, 2.75) is 6.92 Å². The average Bonchev–Trinajstić information content (AvgIpc) is 2.49. The van der Waals surface area contributed by atoms with Crippen molar-refractivity contribution in [2.24, 2.45) is 7.05 Å². The number of pyridine rings is 1. The van der Waals surface area contributed by atoms with Gasteiger partial charge < -0.3 is 4.57 Å². The van der Waals surface area contributed by atoms with Crippen LogP contribution in [-0.2, 0) is 7.05 Å². The summed E-state index contributed by atoms with van der Waals surface area (Å²) in [6.07, 6.45) is 1.82. The molecule has 13 heavy (non-hydrogen) atoms. The second-order valence-corrected chi connectivity index (χ2v) is 3.13. The van der Waals surface area contributed by atoms with Gasteiger partial charge in [0.1, 0.15) is 0 Å². The monoisotopic (exact) mass is 172 g/mol. The fourth-order valence-corrected chi connectivity index (χ4v) is 1.38. The quantitative estimate of drug-likeness (QED) is 0.645. The molecular formula is C11H12N2. The van der Waals surface area contributed by atoms with Crippen molar-refractivity contribution in [3.63, 3.8) is 0 Å². The molecule has 0 aromatic carbocycles. The Morgan fingerprint density at radius 2 is 2.00 bits per heavy atom. The van der Waals surface area contributed by atoms with E-state index in [0.29, 0.717) is 0 Å². The van der Waals surface area contributed by atoms with Crippen LogP contribution in [0.15, 0.2) is 36.5 Å². The molecule has 0 fully saturated rings. The number of hydrogen-bond donors (Lipinski definition) is 0. The second-order valence-electron chi connectivity index (χ2n) is 3.13. The zero-order valence-electron chi connectivity index (χ0n) is 7.86. The van der Waals surface area contributed by atoms with Crippen LogP contribution in [0.1, 0.15) is 5.69 Å². The summed E-state index contributed by atoms with van der Waals surface area (Å²) in [5, 5.41) is 0. The molecular weight excluding hydrogens is 160 g/mol. The standard InChI is InChI=1S/C11H12N2/c1-9-6-7-11(13(9)2)10-5-3-4-8-12-10/h3-8H,1-2H3. The van der Waals surface area contributed by atoms with E-state index in [-0.39, 0.29) is 0 Å². The molecule has 0 unspecified atom stereocenters. The first-order valence-corrected chi connectivity index (χ1v) is 4.33. The van der Waals surface area contributed by atoms with Gasteiger partial charge in [-0.05, 0) is 31.2 Å². The molecule has 0 aliphatic carbocycles. The third-order valence-electron chi connectivity index (χ3n) is 2.30. The van der Waals surface area contributed by atoms with Crippen molar-refractivity contribution in [3.8, 4) is 11.4 Å². The van der Waals surface area contributed by atoms with Crippen molar-refractivity contribution in [2.75, 3.05) is 0 Å². The Bertz CT molecular complexity index is 401. The van der Waals surface area contributed by atoms with Crippen molar-refractivity contribution in [1.29, 1.82) is 0 Å². The summed E-state index contributed by atoms with van der Waals surface area (Å²) in [7, 11) is 2.05. The maximum absolute atomic E-state index is 4.30. The third-order valence-corrected chi connectivity index (χ3v) is 2.30. The van der Waals surface area contributed by atoms with Crippen molar-refractivity contribution in [1.82, 2.24) is 9.55 Å². The van der Waals surface area contributed by atoms with Crippen LogP contribution in [0.25, 0.3) is 11.4 Å². The van der Waals surface area contributed by atoms with Crippen LogP contribution in [0.4, 0.5) is 0 Å². The number of rotatable bonds is 1. The van der Waals surface area contributed by atoms with E-state index in [2.05, 4.69) is 35.7 Å². The highest BCUT2D eigenvalue weighted by Gasteiger charge is 2.03. The van der Waals surface area contributed by atoms with Gasteiger partial charge in [-0.25, -0.2) is 0 Å². The highest BCUT2D eigenvalue weighted by atomic mass is 15.0. The van der Waals surface area contributed by atoms with E-state index >= 15 is 0 Å². The summed E-state index contributed by atoms with van der Waals surface area (Å²) in [5.41, 5.74) is 3.44. The van der Waals surface area contributed by atoms with E-state index in [1.807, 2.05) is 24.4 Å². The maximum atomic E-state index is 4.30. The molecule has 0 atom stereocenters. The Balaban J connectivity index is 2.53. The SMILES string of the molecule is Cc1ccc(-c2ccccn2)n1C. The van der Waals surface area contributed by atoms with E-state index in [4.69, 9.17) is 0 Å². The molecule has 0 saturated heterocycles. The molecule has 2 aromatic heterocycles. The topological polar surface area (TPSA) is 17.8 Å². The van der Waals surface area contributed by atoms with Crippen LogP contribution in [0, 0.1) is 6.92 Å². The number of aromatic nitrogens is 2. The summed E-state index contributed by atoms with van der Waals surface area (Å²) in [5.74, 6) is 0. The molecule has 2 rings (SSSR count). The van der Waals surface area contributed by atoms with Gasteiger partial charge in [0.25, 0.3) is 0 Å². The molecule has 2 nitrogen and oxygen atoms in total. The van der Waals surface area contributed by atoms with E-state index in [1.165, 1.54) is 5.69 Å². The normalized spacial score (nSPS) is 10.3. The Labute approximate surface area is 77.9 Å². The molecule has 0 amide bonds. The third kappa shape index (κ3) is 1.35. The van der Waals surface area contributed by atoms with Crippen molar-refractivity contribution < 1.29 is 0 Å². The first-order chi connectivity index (χ1) is 6.29. The zero-order chi connectivity index (χ0) is 9.26. The lowest BCUT2D eigenvalue weighted by Crippen LogP contribution is -1.94. The van der Waals surface area contributed by atoms with Crippen LogP contribution >= 0.6 is 0 Å². The van der Waals surface area contributed by atoms with E-state index in [1.54, 1.807) is 0 Å². The summed E-state index contributed by atoms with van der Waals surface area (Å²) < 4.78 is 2.14. The van der Waals surface area contributed by atoms with E-state index in [9.17, 15) is 0 Å². The largest absolute Gasteiger partial charge is 0.347 e. The minimum Gasteiger partial charge on any atom is -0.347 e. The Morgan fingerprint density at radius 3 is 2.54 bits per heavy atom. The molecule has 0 bridgehead atoms. The lowest BCUT2D eigenvalue weighted by molar-refractivity contribution is 0.886. The number of nitrogens with zero attached hydrogens (tertiary/aromatic N) is 2. The highest BCUT2D eigenvalue weighted by Crippen LogP contribution is 2.17. The number of hydrogen-bond acceptors (Lipinski definition) is 1. The lowest BCUT2D eigenvalue weighted by atomic mass is 10.3. The van der Waals surface area contributed by atoms with Crippen molar-refractivity contribution in [3.05, 3.63) is 42.2 Å². The molecule has 0 aliphatic rings. The van der Waals surface area contributed by atoms with Gasteiger partial charge in [0.05, 0.1) is 11.4 Å². The van der Waals surface area contributed by atoms with E-state index in [0.717, 1.165) is 11.4 Å². The van der Waals surface area contributed by atoms with Gasteiger partial charge in [0, 0.05) is 18.9 Å². The summed E-state index contributed by atoms with van der Waals surface area (Å²) >= 11 is 0. The molecule has 2 heterocycles. The summed E-state index contributed by atoms with van der Waals surface area (Å²) in [6.45, 7) is 2.09. The van der Waals surface area contributed by atoms with Crippen LogP contribution in [0.2, 0.25) is 0 Å². The minimum atomic E-state index is 1.03. The Kier molecular flexibility index (Phi) is 1.89. The van der Waals surface area contributed by atoms with Gasteiger partial charge in [-0.2, -0.15) is 0 Å². The second kappa shape index (κ2) is 3.05. The number of aryl methyl sites for hydroxylation is 1. The van der Waals surface area contributed by atoms with Crippen LogP contribution < -0.4 is 0 Å². The predicted octanol–water partition coefficient (Wildman–Crippen LogP) is 2.40. The lowest BCUT2D eigenvalue weighted by Gasteiger charge is -2.03. The molecule has 2 heteroatoms. The first-order valence-electron chi connectivity index (χ1n) is 4.33. The van der Waals surface area contributed by atoms with Gasteiger partial charge in [0.2, 0.25) is 0 Å². The zero-order valence-corrected chi connectivity index (χ0v) is 7.86. The van der Waals surface area contributed by atoms with Crippen LogP contribution in [0.3, 0.4) is 0 Å². The minimum absolute atomic E-state index is 1.03. The molecule has 2 aromatic rings. The fourth-order valence-electron chi connectivity index (χ4n) is 1.38. The summed E-state index contributed by atoms with van der Waals surface area (Å²) in [6, 6.07) is 10.2. The molecule has 0 N–H and O–H groups in total.